The van der Waals surface area contributed by atoms with Crippen molar-refractivity contribution in [3.8, 4) is 0 Å². The average Bonchev–Trinajstić information content (AvgIpc) is 2.71. The molecule has 7 nitrogen and oxygen atoms in total. The van der Waals surface area contributed by atoms with E-state index in [1.165, 1.54) is 0 Å². The van der Waals surface area contributed by atoms with Crippen LogP contribution in [0.3, 0.4) is 0 Å². The van der Waals surface area contributed by atoms with Crippen molar-refractivity contribution in [3.05, 3.63) is 60.7 Å². The van der Waals surface area contributed by atoms with Gasteiger partial charge in [-0.1, -0.05) is 50.2 Å². The number of carbonyl (C=O) groups excluding carboxylic acids is 3. The highest BCUT2D eigenvalue weighted by atomic mass is 16.5. The third-order valence-corrected chi connectivity index (χ3v) is 4.40. The molecule has 1 atom stereocenters. The van der Waals surface area contributed by atoms with Crippen LogP contribution in [-0.4, -0.2) is 36.6 Å². The Labute approximate surface area is 177 Å². The maximum atomic E-state index is 12.7. The van der Waals surface area contributed by atoms with Crippen molar-refractivity contribution in [2.24, 2.45) is 5.92 Å². The molecule has 2 aromatic carbocycles. The topological polar surface area (TPSA) is 87.7 Å². The Bertz CT molecular complexity index is 838. The summed E-state index contributed by atoms with van der Waals surface area (Å²) < 4.78 is 5.26. The molecule has 0 aliphatic rings. The smallest absolute Gasteiger partial charge is 0.329 e. The van der Waals surface area contributed by atoms with Gasteiger partial charge in [0.15, 0.2) is 6.61 Å². The van der Waals surface area contributed by atoms with Gasteiger partial charge in [0.05, 0.1) is 0 Å². The molecular weight excluding hydrogens is 382 g/mol. The first-order chi connectivity index (χ1) is 14.3. The maximum absolute atomic E-state index is 12.7. The molecule has 3 amide bonds. The molecule has 30 heavy (non-hydrogen) atoms. The number of esters is 1. The Morgan fingerprint density at radius 3 is 2.00 bits per heavy atom. The van der Waals surface area contributed by atoms with E-state index in [4.69, 9.17) is 4.74 Å². The molecule has 0 aliphatic heterocycles. The molecule has 0 spiro atoms. The highest BCUT2D eigenvalue weighted by Crippen LogP contribution is 2.17. The van der Waals surface area contributed by atoms with Crippen LogP contribution in [0.4, 0.5) is 16.2 Å². The Balaban J connectivity index is 1.97. The van der Waals surface area contributed by atoms with E-state index < -0.39 is 24.6 Å². The molecule has 0 bridgehead atoms. The van der Waals surface area contributed by atoms with E-state index in [0.717, 1.165) is 5.69 Å². The van der Waals surface area contributed by atoms with Gasteiger partial charge in [-0.2, -0.15) is 0 Å². The molecule has 0 aliphatic carbocycles. The normalized spacial score (nSPS) is 11.7. The first kappa shape index (κ1) is 22.9. The Morgan fingerprint density at radius 1 is 0.900 bits per heavy atom. The largest absolute Gasteiger partial charge is 0.454 e. The predicted octanol–water partition coefficient (Wildman–Crippen LogP) is 3.82. The fourth-order valence-electron chi connectivity index (χ4n) is 2.94. The quantitative estimate of drug-likeness (QED) is 0.647. The molecule has 0 unspecified atom stereocenters. The van der Waals surface area contributed by atoms with Crippen LogP contribution in [0.15, 0.2) is 60.7 Å². The molecule has 2 N–H and O–H groups in total. The first-order valence-corrected chi connectivity index (χ1v) is 9.96. The predicted molar refractivity (Wildman–Crippen MR) is 117 cm³/mol. The van der Waals surface area contributed by atoms with Crippen molar-refractivity contribution in [3.63, 3.8) is 0 Å². The molecule has 2 rings (SSSR count). The summed E-state index contributed by atoms with van der Waals surface area (Å²) in [4.78, 5) is 39.1. The maximum Gasteiger partial charge on any atom is 0.329 e. The highest BCUT2D eigenvalue weighted by Gasteiger charge is 2.28. The minimum atomic E-state index is -0.884. The van der Waals surface area contributed by atoms with Gasteiger partial charge in [0.2, 0.25) is 0 Å². The zero-order valence-corrected chi connectivity index (χ0v) is 17.8. The summed E-state index contributed by atoms with van der Waals surface area (Å²) in [5.41, 5.74) is 1.34. The summed E-state index contributed by atoms with van der Waals surface area (Å²) in [5, 5.41) is 5.29. The van der Waals surface area contributed by atoms with Gasteiger partial charge >= 0.3 is 12.0 Å². The number of hydrogen-bond acceptors (Lipinski definition) is 4. The van der Waals surface area contributed by atoms with E-state index >= 15 is 0 Å². The van der Waals surface area contributed by atoms with Crippen molar-refractivity contribution < 1.29 is 19.1 Å². The number of urea groups is 1. The Kier molecular flexibility index (Phi) is 8.41. The van der Waals surface area contributed by atoms with Crippen LogP contribution in [0.1, 0.15) is 27.7 Å². The number of benzene rings is 2. The third-order valence-electron chi connectivity index (χ3n) is 4.40. The lowest BCUT2D eigenvalue weighted by atomic mass is 10.1. The van der Waals surface area contributed by atoms with E-state index in [-0.39, 0.29) is 17.9 Å². The van der Waals surface area contributed by atoms with Gasteiger partial charge in [-0.25, -0.2) is 9.59 Å². The van der Waals surface area contributed by atoms with Crippen molar-refractivity contribution in [2.75, 3.05) is 16.8 Å². The Morgan fingerprint density at radius 2 is 1.47 bits per heavy atom. The van der Waals surface area contributed by atoms with Crippen LogP contribution in [0, 0.1) is 5.92 Å². The molecule has 0 radical (unpaired) electrons. The van der Waals surface area contributed by atoms with Crippen molar-refractivity contribution >= 4 is 29.3 Å². The zero-order chi connectivity index (χ0) is 22.1. The number of para-hydroxylation sites is 2. The number of nitrogens with zero attached hydrogens (tertiary/aromatic N) is 1. The minimum absolute atomic E-state index is 0.103. The Hall–Kier alpha value is -3.35. The van der Waals surface area contributed by atoms with Crippen molar-refractivity contribution in [2.45, 2.75) is 39.8 Å². The number of nitrogens with one attached hydrogen (secondary N) is 2. The van der Waals surface area contributed by atoms with E-state index in [2.05, 4.69) is 10.6 Å². The molecule has 0 saturated heterocycles. The number of rotatable bonds is 8. The van der Waals surface area contributed by atoms with E-state index in [1.807, 2.05) is 50.2 Å². The minimum Gasteiger partial charge on any atom is -0.454 e. The molecule has 0 saturated carbocycles. The second-order valence-corrected chi connectivity index (χ2v) is 7.49. The summed E-state index contributed by atoms with van der Waals surface area (Å²) >= 11 is 0. The fourth-order valence-corrected chi connectivity index (χ4v) is 2.94. The summed E-state index contributed by atoms with van der Waals surface area (Å²) in [6.45, 7) is 6.96. The number of hydrogen-bond donors (Lipinski definition) is 2. The molecule has 0 aromatic heterocycles. The lowest BCUT2D eigenvalue weighted by Gasteiger charge is -2.27. The fraction of sp³-hybridized carbons (Fsp3) is 0.348. The first-order valence-electron chi connectivity index (χ1n) is 9.96. The van der Waals surface area contributed by atoms with E-state index in [1.54, 1.807) is 43.0 Å². The second-order valence-electron chi connectivity index (χ2n) is 7.49. The van der Waals surface area contributed by atoms with Gasteiger partial charge in [-0.15, -0.1) is 0 Å². The third kappa shape index (κ3) is 6.62. The van der Waals surface area contributed by atoms with Crippen molar-refractivity contribution in [1.82, 2.24) is 5.32 Å². The van der Waals surface area contributed by atoms with Gasteiger partial charge in [-0.05, 0) is 44.0 Å². The lowest BCUT2D eigenvalue weighted by Crippen LogP contribution is -2.48. The molecular formula is C23H29N3O4. The molecule has 7 heteroatoms. The number of amides is 3. The lowest BCUT2D eigenvalue weighted by molar-refractivity contribution is -0.150. The number of ether oxygens (including phenoxy) is 1. The summed E-state index contributed by atoms with van der Waals surface area (Å²) in [5.74, 6) is -1.21. The molecule has 160 valence electrons. The average molecular weight is 412 g/mol. The van der Waals surface area contributed by atoms with Crippen LogP contribution in [0.25, 0.3) is 0 Å². The van der Waals surface area contributed by atoms with Crippen LogP contribution in [0.2, 0.25) is 0 Å². The zero-order valence-electron chi connectivity index (χ0n) is 17.8. The summed E-state index contributed by atoms with van der Waals surface area (Å²) in [6, 6.07) is 16.6. The summed E-state index contributed by atoms with van der Waals surface area (Å²) in [6.07, 6.45) is 0. The van der Waals surface area contributed by atoms with Gasteiger partial charge in [-0.3, -0.25) is 4.79 Å². The monoisotopic (exact) mass is 411 g/mol. The van der Waals surface area contributed by atoms with Gasteiger partial charge in [0.1, 0.15) is 6.04 Å². The number of anilines is 2. The molecule has 0 heterocycles. The van der Waals surface area contributed by atoms with Crippen LogP contribution < -0.4 is 15.5 Å². The van der Waals surface area contributed by atoms with Crippen LogP contribution in [0.5, 0.6) is 0 Å². The van der Waals surface area contributed by atoms with Crippen LogP contribution in [-0.2, 0) is 14.3 Å². The van der Waals surface area contributed by atoms with Crippen molar-refractivity contribution in [1.29, 1.82) is 0 Å². The molecule has 0 fully saturated rings. The van der Waals surface area contributed by atoms with E-state index in [0.29, 0.717) is 5.69 Å². The standard InChI is InChI=1S/C23H29N3O4/c1-16(2)21(25-23(29)24-18-11-7-5-8-12-18)22(28)30-15-20(27)26(17(3)4)19-13-9-6-10-14-19/h5-14,16-17,21H,15H2,1-4H3,(H2,24,25,29)/t21-/m1/s1. The summed E-state index contributed by atoms with van der Waals surface area (Å²) in [7, 11) is 0. The highest BCUT2D eigenvalue weighted by molar-refractivity contribution is 5.96. The van der Waals surface area contributed by atoms with Crippen LogP contribution >= 0.6 is 0 Å². The van der Waals surface area contributed by atoms with Gasteiger partial charge < -0.3 is 20.3 Å². The second kappa shape index (κ2) is 11.0. The van der Waals surface area contributed by atoms with Gasteiger partial charge in [0.25, 0.3) is 5.91 Å². The molecule has 2 aromatic rings. The van der Waals surface area contributed by atoms with Gasteiger partial charge in [0, 0.05) is 17.4 Å². The van der Waals surface area contributed by atoms with E-state index in [9.17, 15) is 14.4 Å². The SMILES string of the molecule is CC(C)[C@@H](NC(=O)Nc1ccccc1)C(=O)OCC(=O)N(c1ccccc1)C(C)C. The number of carbonyl (C=O) groups is 3.